The predicted octanol–water partition coefficient (Wildman–Crippen LogP) is 3.24. The first kappa shape index (κ1) is 16.2. The Labute approximate surface area is 137 Å². The third kappa shape index (κ3) is 3.83. The lowest BCUT2D eigenvalue weighted by Gasteiger charge is -2.23. The molecule has 23 heavy (non-hydrogen) atoms. The van der Waals surface area contributed by atoms with Crippen molar-refractivity contribution >= 4 is 17.3 Å². The number of carbonyl (C=O) groups excluding carboxylic acids is 1. The summed E-state index contributed by atoms with van der Waals surface area (Å²) < 4.78 is 13.9. The second-order valence-electron chi connectivity index (χ2n) is 6.58. The lowest BCUT2D eigenvalue weighted by molar-refractivity contribution is -0.120. The van der Waals surface area contributed by atoms with Crippen molar-refractivity contribution in [2.75, 3.05) is 36.4 Å². The molecule has 0 spiro atoms. The fourth-order valence-electron chi connectivity index (χ4n) is 3.71. The van der Waals surface area contributed by atoms with Gasteiger partial charge in [0.2, 0.25) is 5.91 Å². The van der Waals surface area contributed by atoms with Gasteiger partial charge in [0.05, 0.1) is 6.04 Å². The highest BCUT2D eigenvalue weighted by Crippen LogP contribution is 2.26. The molecule has 2 aliphatic heterocycles. The molecule has 4 nitrogen and oxygen atoms in total. The van der Waals surface area contributed by atoms with Crippen LogP contribution in [0.1, 0.15) is 39.0 Å². The van der Waals surface area contributed by atoms with Gasteiger partial charge in [-0.2, -0.15) is 0 Å². The van der Waals surface area contributed by atoms with E-state index in [1.165, 1.54) is 6.07 Å². The van der Waals surface area contributed by atoms with Crippen LogP contribution in [0, 0.1) is 5.82 Å². The Hall–Kier alpha value is -1.62. The van der Waals surface area contributed by atoms with E-state index in [1.54, 1.807) is 6.07 Å². The Morgan fingerprint density at radius 2 is 2.00 bits per heavy atom. The molecule has 1 atom stereocenters. The molecule has 1 amide bonds. The zero-order chi connectivity index (χ0) is 16.2. The lowest BCUT2D eigenvalue weighted by Crippen LogP contribution is -2.40. The van der Waals surface area contributed by atoms with Gasteiger partial charge in [-0.25, -0.2) is 4.39 Å². The summed E-state index contributed by atoms with van der Waals surface area (Å²) in [7, 11) is 0. The molecule has 0 radical (unpaired) electrons. The molecule has 2 fully saturated rings. The summed E-state index contributed by atoms with van der Waals surface area (Å²) in [6.07, 6.45) is 5.28. The van der Waals surface area contributed by atoms with Gasteiger partial charge >= 0.3 is 0 Å². The van der Waals surface area contributed by atoms with Gasteiger partial charge < -0.3 is 10.2 Å². The van der Waals surface area contributed by atoms with Crippen molar-refractivity contribution in [3.8, 4) is 0 Å². The van der Waals surface area contributed by atoms with E-state index in [0.29, 0.717) is 5.69 Å². The molecule has 3 rings (SSSR count). The minimum atomic E-state index is -0.290. The van der Waals surface area contributed by atoms with Crippen LogP contribution in [0.4, 0.5) is 15.8 Å². The van der Waals surface area contributed by atoms with Crippen LogP contribution < -0.4 is 10.2 Å². The van der Waals surface area contributed by atoms with E-state index in [-0.39, 0.29) is 17.8 Å². The first-order chi connectivity index (χ1) is 11.2. The fraction of sp³-hybridized carbons (Fsp3) is 0.611. The van der Waals surface area contributed by atoms with Gasteiger partial charge in [0.15, 0.2) is 0 Å². The summed E-state index contributed by atoms with van der Waals surface area (Å²) in [4.78, 5) is 17.0. The smallest absolute Gasteiger partial charge is 0.241 e. The molecule has 2 heterocycles. The van der Waals surface area contributed by atoms with Crippen LogP contribution >= 0.6 is 0 Å². The number of amides is 1. The highest BCUT2D eigenvalue weighted by Gasteiger charge is 2.30. The quantitative estimate of drug-likeness (QED) is 0.905. The van der Waals surface area contributed by atoms with Crippen LogP contribution in [-0.4, -0.2) is 43.0 Å². The highest BCUT2D eigenvalue weighted by atomic mass is 19.1. The molecular weight excluding hydrogens is 293 g/mol. The summed E-state index contributed by atoms with van der Waals surface area (Å²) >= 11 is 0. The van der Waals surface area contributed by atoms with E-state index in [4.69, 9.17) is 0 Å². The van der Waals surface area contributed by atoms with E-state index in [9.17, 15) is 9.18 Å². The molecule has 0 aromatic heterocycles. The topological polar surface area (TPSA) is 35.6 Å². The normalized spacial score (nSPS) is 21.8. The zero-order valence-corrected chi connectivity index (χ0v) is 13.9. The Balaban J connectivity index is 1.70. The maximum absolute atomic E-state index is 13.9. The summed E-state index contributed by atoms with van der Waals surface area (Å²) in [6, 6.07) is 4.79. The molecule has 0 saturated carbocycles. The minimum Gasteiger partial charge on any atom is -0.371 e. The zero-order valence-electron chi connectivity index (χ0n) is 13.9. The number of hydrogen-bond acceptors (Lipinski definition) is 3. The third-order valence-electron chi connectivity index (χ3n) is 4.80. The number of anilines is 2. The van der Waals surface area contributed by atoms with Crippen LogP contribution in [0.15, 0.2) is 18.2 Å². The van der Waals surface area contributed by atoms with Crippen LogP contribution in [0.5, 0.6) is 0 Å². The SMILES string of the molecule is CCCN1CCC[C@@H]1C(=O)Nc1cc(F)cc(N2CCCC2)c1. The predicted molar refractivity (Wildman–Crippen MR) is 91.4 cm³/mol. The number of carbonyl (C=O) groups is 1. The van der Waals surface area contributed by atoms with Crippen molar-refractivity contribution in [3.63, 3.8) is 0 Å². The van der Waals surface area contributed by atoms with Crippen LogP contribution in [0.2, 0.25) is 0 Å². The molecular formula is C18H26FN3O. The molecule has 0 bridgehead atoms. The van der Waals surface area contributed by atoms with E-state index >= 15 is 0 Å². The third-order valence-corrected chi connectivity index (χ3v) is 4.80. The van der Waals surface area contributed by atoms with Gasteiger partial charge in [0.1, 0.15) is 5.82 Å². The van der Waals surface area contributed by atoms with E-state index < -0.39 is 0 Å². The Kier molecular flexibility index (Phi) is 5.16. The summed E-state index contributed by atoms with van der Waals surface area (Å²) in [6.45, 7) is 5.98. The second-order valence-corrected chi connectivity index (χ2v) is 6.58. The number of hydrogen-bond donors (Lipinski definition) is 1. The number of nitrogens with one attached hydrogen (secondary N) is 1. The number of halogens is 1. The molecule has 1 aromatic rings. The fourth-order valence-corrected chi connectivity index (χ4v) is 3.71. The summed E-state index contributed by atoms with van der Waals surface area (Å²) in [5.41, 5.74) is 1.44. The van der Waals surface area contributed by atoms with Gasteiger partial charge in [-0.05, 0) is 63.4 Å². The van der Waals surface area contributed by atoms with Crippen LogP contribution in [0.25, 0.3) is 0 Å². The standard InChI is InChI=1S/C18H26FN3O/c1-2-7-22-10-5-6-17(22)18(23)20-15-11-14(19)12-16(13-15)21-8-3-4-9-21/h11-13,17H,2-10H2,1H3,(H,20,23)/t17-/m1/s1. The van der Waals surface area contributed by atoms with E-state index in [2.05, 4.69) is 22.0 Å². The maximum Gasteiger partial charge on any atom is 0.241 e. The van der Waals surface area contributed by atoms with E-state index in [1.807, 2.05) is 6.07 Å². The summed E-state index contributed by atoms with van der Waals surface area (Å²) in [5, 5.41) is 2.93. The molecule has 2 saturated heterocycles. The van der Waals surface area contributed by atoms with E-state index in [0.717, 1.165) is 64.0 Å². The average Bonchev–Trinajstić information content (AvgIpc) is 3.18. The molecule has 1 aromatic carbocycles. The molecule has 126 valence electrons. The molecule has 5 heteroatoms. The molecule has 0 unspecified atom stereocenters. The first-order valence-electron chi connectivity index (χ1n) is 8.78. The Morgan fingerprint density at radius 3 is 2.74 bits per heavy atom. The lowest BCUT2D eigenvalue weighted by atomic mass is 10.2. The van der Waals surface area contributed by atoms with Gasteiger partial charge in [-0.15, -0.1) is 0 Å². The highest BCUT2D eigenvalue weighted by molar-refractivity contribution is 5.95. The Morgan fingerprint density at radius 1 is 1.22 bits per heavy atom. The number of rotatable bonds is 5. The maximum atomic E-state index is 13.9. The van der Waals surface area contributed by atoms with Gasteiger partial charge in [-0.1, -0.05) is 6.92 Å². The molecule has 2 aliphatic rings. The monoisotopic (exact) mass is 319 g/mol. The minimum absolute atomic E-state index is 0.00563. The van der Waals surface area contributed by atoms with Gasteiger partial charge in [0.25, 0.3) is 0 Å². The van der Waals surface area contributed by atoms with Crippen LogP contribution in [-0.2, 0) is 4.79 Å². The number of nitrogens with zero attached hydrogens (tertiary/aromatic N) is 2. The van der Waals surface area contributed by atoms with Crippen molar-refractivity contribution in [1.29, 1.82) is 0 Å². The van der Waals surface area contributed by atoms with Gasteiger partial charge in [-0.3, -0.25) is 9.69 Å². The number of likely N-dealkylation sites (tertiary alicyclic amines) is 1. The van der Waals surface area contributed by atoms with Crippen molar-refractivity contribution < 1.29 is 9.18 Å². The van der Waals surface area contributed by atoms with Crippen molar-refractivity contribution in [2.24, 2.45) is 0 Å². The molecule has 0 aliphatic carbocycles. The molecule has 1 N–H and O–H groups in total. The van der Waals surface area contributed by atoms with Crippen molar-refractivity contribution in [1.82, 2.24) is 4.90 Å². The second kappa shape index (κ2) is 7.30. The average molecular weight is 319 g/mol. The van der Waals surface area contributed by atoms with Crippen molar-refractivity contribution in [2.45, 2.75) is 45.1 Å². The Bertz CT molecular complexity index is 557. The largest absolute Gasteiger partial charge is 0.371 e. The first-order valence-corrected chi connectivity index (χ1v) is 8.78. The van der Waals surface area contributed by atoms with Gasteiger partial charge in [0, 0.05) is 24.5 Å². The van der Waals surface area contributed by atoms with Crippen molar-refractivity contribution in [3.05, 3.63) is 24.0 Å². The number of benzene rings is 1. The summed E-state index contributed by atoms with van der Waals surface area (Å²) in [5.74, 6) is -0.296. The van der Waals surface area contributed by atoms with Crippen LogP contribution in [0.3, 0.4) is 0 Å².